The van der Waals surface area contributed by atoms with Gasteiger partial charge in [0, 0.05) is 18.5 Å². The van der Waals surface area contributed by atoms with Crippen LogP contribution in [0.15, 0.2) is 36.4 Å². The van der Waals surface area contributed by atoms with Crippen molar-refractivity contribution in [2.75, 3.05) is 13.1 Å². The maximum atomic E-state index is 5.91. The summed E-state index contributed by atoms with van der Waals surface area (Å²) in [6.07, 6.45) is 1.10. The van der Waals surface area contributed by atoms with E-state index in [1.165, 1.54) is 5.39 Å². The molecule has 0 saturated carbocycles. The van der Waals surface area contributed by atoms with Gasteiger partial charge in [0.2, 0.25) is 0 Å². The topological polar surface area (TPSA) is 16.1 Å². The SMILES string of the molecule is [CH]C1CCN(Cc2ccc3ccccc3n2)C1. The number of para-hydroxylation sites is 1. The van der Waals surface area contributed by atoms with Crippen molar-refractivity contribution in [3.8, 4) is 0 Å². The third-order valence-corrected chi connectivity index (χ3v) is 3.35. The van der Waals surface area contributed by atoms with E-state index in [-0.39, 0.29) is 0 Å². The molecular formula is C15H16N2. The van der Waals surface area contributed by atoms with Gasteiger partial charge in [-0.15, -0.1) is 0 Å². The Bertz CT molecular complexity index is 521. The molecule has 0 aliphatic carbocycles. The number of fused-ring (bicyclic) bond motifs is 1. The molecule has 0 spiro atoms. The first kappa shape index (κ1) is 10.7. The molecule has 1 aliphatic rings. The second-order valence-electron chi connectivity index (χ2n) is 4.78. The molecule has 3 rings (SSSR count). The van der Waals surface area contributed by atoms with Crippen LogP contribution in [0.3, 0.4) is 0 Å². The fourth-order valence-electron chi connectivity index (χ4n) is 2.43. The minimum absolute atomic E-state index is 0.343. The molecule has 1 aromatic heterocycles. The van der Waals surface area contributed by atoms with E-state index in [1.807, 2.05) is 12.1 Å². The van der Waals surface area contributed by atoms with Crippen molar-refractivity contribution in [2.24, 2.45) is 5.92 Å². The largest absolute Gasteiger partial charge is 0.297 e. The van der Waals surface area contributed by atoms with Gasteiger partial charge in [0.1, 0.15) is 0 Å². The molecule has 2 radical (unpaired) electrons. The normalized spacial score (nSPS) is 21.1. The number of rotatable bonds is 2. The van der Waals surface area contributed by atoms with Gasteiger partial charge in [-0.1, -0.05) is 24.3 Å². The van der Waals surface area contributed by atoms with Crippen molar-refractivity contribution in [1.82, 2.24) is 9.88 Å². The molecule has 1 aliphatic heterocycles. The summed E-state index contributed by atoms with van der Waals surface area (Å²) >= 11 is 0. The van der Waals surface area contributed by atoms with Gasteiger partial charge in [0.25, 0.3) is 0 Å². The van der Waals surface area contributed by atoms with Crippen LogP contribution in [0.1, 0.15) is 12.1 Å². The third-order valence-electron chi connectivity index (χ3n) is 3.35. The van der Waals surface area contributed by atoms with Crippen LogP contribution in [0.4, 0.5) is 0 Å². The van der Waals surface area contributed by atoms with Gasteiger partial charge < -0.3 is 0 Å². The molecule has 17 heavy (non-hydrogen) atoms. The van der Waals surface area contributed by atoms with Crippen molar-refractivity contribution >= 4 is 10.9 Å². The van der Waals surface area contributed by atoms with E-state index in [2.05, 4.69) is 34.1 Å². The number of hydrogen-bond acceptors (Lipinski definition) is 2. The predicted molar refractivity (Wildman–Crippen MR) is 69.4 cm³/mol. The molecule has 0 amide bonds. The second kappa shape index (κ2) is 4.46. The zero-order valence-corrected chi connectivity index (χ0v) is 9.84. The Balaban J connectivity index is 1.81. The van der Waals surface area contributed by atoms with Gasteiger partial charge in [-0.25, -0.2) is 0 Å². The van der Waals surface area contributed by atoms with Gasteiger partial charge >= 0.3 is 0 Å². The van der Waals surface area contributed by atoms with Crippen molar-refractivity contribution in [2.45, 2.75) is 13.0 Å². The van der Waals surface area contributed by atoms with Crippen LogP contribution >= 0.6 is 0 Å². The minimum Gasteiger partial charge on any atom is -0.297 e. The lowest BCUT2D eigenvalue weighted by Crippen LogP contribution is -2.20. The van der Waals surface area contributed by atoms with Crippen molar-refractivity contribution < 1.29 is 0 Å². The van der Waals surface area contributed by atoms with Crippen LogP contribution in [0, 0.1) is 12.8 Å². The highest BCUT2D eigenvalue weighted by molar-refractivity contribution is 5.78. The summed E-state index contributed by atoms with van der Waals surface area (Å²) in [6, 6.07) is 12.5. The Labute approximate surface area is 102 Å². The van der Waals surface area contributed by atoms with Crippen LogP contribution < -0.4 is 0 Å². The van der Waals surface area contributed by atoms with Crippen LogP contribution in [0.5, 0.6) is 0 Å². The van der Waals surface area contributed by atoms with Gasteiger partial charge in [-0.05, 0) is 37.9 Å². The summed E-state index contributed by atoms with van der Waals surface area (Å²) in [5, 5.41) is 1.20. The van der Waals surface area contributed by atoms with E-state index in [0.717, 1.165) is 37.3 Å². The fourth-order valence-corrected chi connectivity index (χ4v) is 2.43. The average Bonchev–Trinajstić information content (AvgIpc) is 2.75. The molecule has 2 nitrogen and oxygen atoms in total. The van der Waals surface area contributed by atoms with E-state index in [1.54, 1.807) is 0 Å². The molecule has 2 heteroatoms. The lowest BCUT2D eigenvalue weighted by molar-refractivity contribution is 0.320. The van der Waals surface area contributed by atoms with Crippen LogP contribution in [-0.2, 0) is 6.54 Å². The standard InChI is InChI=1S/C15H16N2/c1-12-8-9-17(10-12)11-14-7-6-13-4-2-3-5-15(13)16-14/h1-7,12H,8-11H2. The highest BCUT2D eigenvalue weighted by Gasteiger charge is 2.18. The molecule has 1 atom stereocenters. The number of nitrogens with zero attached hydrogens (tertiary/aromatic N) is 2. The van der Waals surface area contributed by atoms with E-state index in [4.69, 9.17) is 6.92 Å². The zero-order valence-electron chi connectivity index (χ0n) is 9.84. The molecule has 2 aromatic rings. The third kappa shape index (κ3) is 2.32. The molecule has 1 fully saturated rings. The molecule has 0 N–H and O–H groups in total. The van der Waals surface area contributed by atoms with Gasteiger partial charge in [-0.3, -0.25) is 9.88 Å². The molecule has 2 heterocycles. The van der Waals surface area contributed by atoms with E-state index in [0.29, 0.717) is 5.92 Å². The summed E-state index contributed by atoms with van der Waals surface area (Å²) in [4.78, 5) is 7.06. The lowest BCUT2D eigenvalue weighted by Gasteiger charge is -2.14. The Hall–Kier alpha value is -1.41. The first-order chi connectivity index (χ1) is 8.31. The summed E-state index contributed by atoms with van der Waals surface area (Å²) in [6.45, 7) is 8.91. The molecule has 1 saturated heterocycles. The Morgan fingerprint density at radius 3 is 2.94 bits per heavy atom. The van der Waals surface area contributed by atoms with Crippen LogP contribution in [0.25, 0.3) is 10.9 Å². The molecule has 0 bridgehead atoms. The maximum Gasteiger partial charge on any atom is 0.0705 e. The van der Waals surface area contributed by atoms with E-state index in [9.17, 15) is 0 Å². The second-order valence-corrected chi connectivity index (χ2v) is 4.78. The monoisotopic (exact) mass is 224 g/mol. The first-order valence-electron chi connectivity index (χ1n) is 6.14. The van der Waals surface area contributed by atoms with E-state index < -0.39 is 0 Å². The molecular weight excluding hydrogens is 208 g/mol. The van der Waals surface area contributed by atoms with Crippen molar-refractivity contribution in [3.63, 3.8) is 0 Å². The smallest absolute Gasteiger partial charge is 0.0705 e. The summed E-state index contributed by atoms with van der Waals surface area (Å²) in [5.41, 5.74) is 2.21. The Morgan fingerprint density at radius 2 is 2.12 bits per heavy atom. The number of likely N-dealkylation sites (tertiary alicyclic amines) is 1. The number of benzene rings is 1. The maximum absolute atomic E-state index is 5.91. The number of pyridine rings is 1. The Kier molecular flexibility index (Phi) is 2.81. The molecule has 1 unspecified atom stereocenters. The lowest BCUT2D eigenvalue weighted by atomic mass is 10.2. The van der Waals surface area contributed by atoms with Crippen LogP contribution in [0.2, 0.25) is 0 Å². The average molecular weight is 224 g/mol. The highest BCUT2D eigenvalue weighted by atomic mass is 15.1. The van der Waals surface area contributed by atoms with Crippen LogP contribution in [-0.4, -0.2) is 23.0 Å². The number of hydrogen-bond donors (Lipinski definition) is 0. The summed E-state index contributed by atoms with van der Waals surface area (Å²) in [7, 11) is 0. The van der Waals surface area contributed by atoms with Gasteiger partial charge in [0.05, 0.1) is 11.2 Å². The van der Waals surface area contributed by atoms with Crippen molar-refractivity contribution in [1.29, 1.82) is 0 Å². The fraction of sp³-hybridized carbons (Fsp3) is 0.333. The highest BCUT2D eigenvalue weighted by Crippen LogP contribution is 2.18. The minimum atomic E-state index is 0.343. The quantitative estimate of drug-likeness (QED) is 0.779. The van der Waals surface area contributed by atoms with Gasteiger partial charge in [-0.2, -0.15) is 0 Å². The molecule has 86 valence electrons. The Morgan fingerprint density at radius 1 is 1.24 bits per heavy atom. The van der Waals surface area contributed by atoms with Crippen molar-refractivity contribution in [3.05, 3.63) is 49.0 Å². The predicted octanol–water partition coefficient (Wildman–Crippen LogP) is 2.77. The summed E-state index contributed by atoms with van der Waals surface area (Å²) in [5.74, 6) is 0.343. The number of aromatic nitrogens is 1. The molecule has 1 aromatic carbocycles. The first-order valence-corrected chi connectivity index (χ1v) is 6.14. The summed E-state index contributed by atoms with van der Waals surface area (Å²) < 4.78 is 0. The zero-order chi connectivity index (χ0) is 11.7. The van der Waals surface area contributed by atoms with Gasteiger partial charge in [0.15, 0.2) is 0 Å². The van der Waals surface area contributed by atoms with E-state index >= 15 is 0 Å².